The molecule has 1 aromatic carbocycles. The number of anilines is 1. The smallest absolute Gasteiger partial charge is 0.228 e. The molecule has 1 aromatic heterocycles. The number of hydrogen-bond donors (Lipinski definition) is 0. The number of carbonyl (C=O) groups excluding carboxylic acids is 2. The van der Waals surface area contributed by atoms with Crippen LogP contribution in [0.25, 0.3) is 0 Å². The highest BCUT2D eigenvalue weighted by atomic mass is 32.2. The number of benzene rings is 1. The molecule has 0 aliphatic carbocycles. The molecule has 154 valence electrons. The molecule has 0 bridgehead atoms. The van der Waals surface area contributed by atoms with Crippen molar-refractivity contribution in [3.63, 3.8) is 0 Å². The highest BCUT2D eigenvalue weighted by molar-refractivity contribution is 7.98. The van der Waals surface area contributed by atoms with E-state index in [1.165, 1.54) is 11.8 Å². The third-order valence-corrected chi connectivity index (χ3v) is 6.46. The minimum Gasteiger partial charge on any atom is -0.497 e. The number of nitrogens with zero attached hydrogens (tertiary/aromatic N) is 5. The van der Waals surface area contributed by atoms with Crippen LogP contribution < -0.4 is 9.64 Å². The second-order valence-corrected chi connectivity index (χ2v) is 8.17. The van der Waals surface area contributed by atoms with Crippen LogP contribution in [0.4, 0.5) is 5.69 Å². The topological polar surface area (TPSA) is 80.6 Å². The lowest BCUT2D eigenvalue weighted by atomic mass is 10.1. The third kappa shape index (κ3) is 3.59. The Labute approximate surface area is 174 Å². The first-order valence-corrected chi connectivity index (χ1v) is 10.9. The van der Waals surface area contributed by atoms with Gasteiger partial charge < -0.3 is 19.1 Å². The molecule has 0 radical (unpaired) electrons. The Kier molecular flexibility index (Phi) is 5.49. The predicted octanol–water partition coefficient (Wildman–Crippen LogP) is 2.26. The van der Waals surface area contributed by atoms with E-state index in [-0.39, 0.29) is 30.2 Å². The first-order chi connectivity index (χ1) is 14.0. The zero-order valence-corrected chi connectivity index (χ0v) is 17.7. The predicted molar refractivity (Wildman–Crippen MR) is 110 cm³/mol. The molecule has 0 N–H and O–H groups in total. The van der Waals surface area contributed by atoms with Gasteiger partial charge in [-0.1, -0.05) is 11.8 Å². The van der Waals surface area contributed by atoms with Gasteiger partial charge in [-0.3, -0.25) is 9.59 Å². The largest absolute Gasteiger partial charge is 0.497 e. The van der Waals surface area contributed by atoms with Crippen LogP contribution in [0.15, 0.2) is 29.4 Å². The molecule has 2 fully saturated rings. The van der Waals surface area contributed by atoms with E-state index in [1.54, 1.807) is 12.0 Å². The van der Waals surface area contributed by atoms with Crippen molar-refractivity contribution in [3.8, 4) is 5.75 Å². The van der Waals surface area contributed by atoms with Gasteiger partial charge in [0.1, 0.15) is 5.75 Å². The van der Waals surface area contributed by atoms with Crippen molar-refractivity contribution in [2.75, 3.05) is 31.4 Å². The van der Waals surface area contributed by atoms with Gasteiger partial charge >= 0.3 is 0 Å². The number of aromatic nitrogens is 3. The van der Waals surface area contributed by atoms with Crippen molar-refractivity contribution in [2.24, 2.45) is 13.0 Å². The zero-order valence-electron chi connectivity index (χ0n) is 16.9. The van der Waals surface area contributed by atoms with Crippen LogP contribution in [-0.4, -0.2) is 57.9 Å². The Morgan fingerprint density at radius 3 is 2.66 bits per heavy atom. The average Bonchev–Trinajstić information content (AvgIpc) is 3.45. The van der Waals surface area contributed by atoms with Crippen LogP contribution in [0.2, 0.25) is 0 Å². The van der Waals surface area contributed by atoms with Gasteiger partial charge in [-0.15, -0.1) is 10.2 Å². The standard InChI is InChI=1S/C20H25N5O3S/c1-23-18(21-22-20(23)29-3)16-5-4-10-24(16)19(27)13-11-17(26)25(12-13)14-6-8-15(28-2)9-7-14/h6-9,13,16H,4-5,10-12H2,1-3H3/t13-,16-/m0/s1. The lowest BCUT2D eigenvalue weighted by Crippen LogP contribution is -2.37. The molecule has 2 atom stereocenters. The first kappa shape index (κ1) is 19.8. The molecule has 8 nitrogen and oxygen atoms in total. The summed E-state index contributed by atoms with van der Waals surface area (Å²) in [6.45, 7) is 1.10. The van der Waals surface area contributed by atoms with Crippen LogP contribution in [0.1, 0.15) is 31.1 Å². The SMILES string of the molecule is COc1ccc(N2C[C@@H](C(=O)N3CCC[C@H]3c3nnc(SC)n3C)CC2=O)cc1. The summed E-state index contributed by atoms with van der Waals surface area (Å²) in [7, 11) is 3.54. The second kappa shape index (κ2) is 8.06. The molecular formula is C20H25N5O3S. The number of methoxy groups -OCH3 is 1. The van der Waals surface area contributed by atoms with Gasteiger partial charge in [-0.2, -0.15) is 0 Å². The van der Waals surface area contributed by atoms with E-state index in [1.807, 2.05) is 47.0 Å². The fourth-order valence-electron chi connectivity index (χ4n) is 4.21. The van der Waals surface area contributed by atoms with Gasteiger partial charge in [0.15, 0.2) is 11.0 Å². The maximum absolute atomic E-state index is 13.3. The lowest BCUT2D eigenvalue weighted by molar-refractivity contribution is -0.136. The minimum absolute atomic E-state index is 0.0207. The third-order valence-electron chi connectivity index (χ3n) is 5.74. The van der Waals surface area contributed by atoms with Crippen molar-refractivity contribution >= 4 is 29.3 Å². The molecule has 2 saturated heterocycles. The molecule has 3 heterocycles. The van der Waals surface area contributed by atoms with Crippen molar-refractivity contribution < 1.29 is 14.3 Å². The number of carbonyl (C=O) groups is 2. The number of amides is 2. The number of rotatable bonds is 5. The van der Waals surface area contributed by atoms with E-state index in [9.17, 15) is 9.59 Å². The quantitative estimate of drug-likeness (QED) is 0.697. The highest BCUT2D eigenvalue weighted by Crippen LogP contribution is 2.35. The molecule has 2 amide bonds. The summed E-state index contributed by atoms with van der Waals surface area (Å²) in [5, 5.41) is 9.38. The summed E-state index contributed by atoms with van der Waals surface area (Å²) >= 11 is 1.54. The normalized spacial score (nSPS) is 21.8. The van der Waals surface area contributed by atoms with E-state index >= 15 is 0 Å². The highest BCUT2D eigenvalue weighted by Gasteiger charge is 2.41. The maximum Gasteiger partial charge on any atom is 0.228 e. The van der Waals surface area contributed by atoms with Crippen LogP contribution >= 0.6 is 11.8 Å². The minimum atomic E-state index is -0.335. The van der Waals surface area contributed by atoms with E-state index in [0.717, 1.165) is 35.3 Å². The Morgan fingerprint density at radius 2 is 2.00 bits per heavy atom. The Morgan fingerprint density at radius 1 is 1.24 bits per heavy atom. The van der Waals surface area contributed by atoms with E-state index in [2.05, 4.69) is 10.2 Å². The summed E-state index contributed by atoms with van der Waals surface area (Å²) < 4.78 is 7.14. The van der Waals surface area contributed by atoms with Crippen LogP contribution in [0, 0.1) is 5.92 Å². The van der Waals surface area contributed by atoms with Crippen LogP contribution in [0.5, 0.6) is 5.75 Å². The van der Waals surface area contributed by atoms with Crippen molar-refractivity contribution in [2.45, 2.75) is 30.5 Å². The van der Waals surface area contributed by atoms with Gasteiger partial charge in [0.2, 0.25) is 11.8 Å². The maximum atomic E-state index is 13.3. The van der Waals surface area contributed by atoms with Crippen LogP contribution in [0.3, 0.4) is 0 Å². The average molecular weight is 416 g/mol. The van der Waals surface area contributed by atoms with E-state index < -0.39 is 0 Å². The molecular weight excluding hydrogens is 390 g/mol. The molecule has 2 aliphatic rings. The molecule has 0 spiro atoms. The Hall–Kier alpha value is -2.55. The molecule has 9 heteroatoms. The molecule has 2 aliphatic heterocycles. The zero-order chi connectivity index (χ0) is 20.5. The van der Waals surface area contributed by atoms with E-state index in [0.29, 0.717) is 13.1 Å². The summed E-state index contributed by atoms with van der Waals surface area (Å²) in [5.74, 6) is 1.23. The fraction of sp³-hybridized carbons (Fsp3) is 0.500. The summed E-state index contributed by atoms with van der Waals surface area (Å²) in [6.07, 6.45) is 4.00. The van der Waals surface area contributed by atoms with Crippen LogP contribution in [-0.2, 0) is 16.6 Å². The number of hydrogen-bond acceptors (Lipinski definition) is 6. The monoisotopic (exact) mass is 415 g/mol. The molecule has 29 heavy (non-hydrogen) atoms. The summed E-state index contributed by atoms with van der Waals surface area (Å²) in [5.41, 5.74) is 0.794. The fourth-order valence-corrected chi connectivity index (χ4v) is 4.70. The van der Waals surface area contributed by atoms with Gasteiger partial charge in [0.25, 0.3) is 0 Å². The summed E-state index contributed by atoms with van der Waals surface area (Å²) in [4.78, 5) is 29.5. The number of ether oxygens (including phenoxy) is 1. The van der Waals surface area contributed by atoms with Crippen molar-refractivity contribution in [3.05, 3.63) is 30.1 Å². The summed E-state index contributed by atoms with van der Waals surface area (Å²) in [6, 6.07) is 7.28. The number of thioether (sulfide) groups is 1. The number of likely N-dealkylation sites (tertiary alicyclic amines) is 1. The Bertz CT molecular complexity index is 913. The van der Waals surface area contributed by atoms with Crippen molar-refractivity contribution in [1.82, 2.24) is 19.7 Å². The van der Waals surface area contributed by atoms with Gasteiger partial charge in [0.05, 0.1) is 19.1 Å². The van der Waals surface area contributed by atoms with Gasteiger partial charge in [-0.05, 0) is 43.4 Å². The lowest BCUT2D eigenvalue weighted by Gasteiger charge is -2.26. The van der Waals surface area contributed by atoms with E-state index in [4.69, 9.17) is 4.74 Å². The molecule has 4 rings (SSSR count). The van der Waals surface area contributed by atoms with Gasteiger partial charge in [-0.25, -0.2) is 0 Å². The molecule has 0 saturated carbocycles. The first-order valence-electron chi connectivity index (χ1n) is 9.71. The molecule has 2 aromatic rings. The van der Waals surface area contributed by atoms with Crippen molar-refractivity contribution in [1.29, 1.82) is 0 Å². The van der Waals surface area contributed by atoms with Gasteiger partial charge in [0, 0.05) is 32.2 Å². The molecule has 0 unspecified atom stereocenters. The second-order valence-electron chi connectivity index (χ2n) is 7.40. The Balaban J connectivity index is 1.50.